The third kappa shape index (κ3) is 6.04. The van der Waals surface area contributed by atoms with Gasteiger partial charge in [0.05, 0.1) is 18.8 Å². The smallest absolute Gasteiger partial charge is 0.238 e. The Balaban J connectivity index is 2.06. The molecule has 0 radical (unpaired) electrons. The molecule has 0 aliphatic heterocycles. The molecule has 4 nitrogen and oxygen atoms in total. The summed E-state index contributed by atoms with van der Waals surface area (Å²) in [4.78, 5) is 13.7. The van der Waals surface area contributed by atoms with Gasteiger partial charge in [-0.3, -0.25) is 9.69 Å². The van der Waals surface area contributed by atoms with Crippen LogP contribution in [0.5, 0.6) is 0 Å². The first kappa shape index (κ1) is 19.8. The lowest BCUT2D eigenvalue weighted by molar-refractivity contribution is -0.117. The summed E-state index contributed by atoms with van der Waals surface area (Å²) in [7, 11) is 0. The molecule has 0 unspecified atom stereocenters. The van der Waals surface area contributed by atoms with Crippen molar-refractivity contribution in [3.8, 4) is 0 Å². The molecule has 8 heteroatoms. The van der Waals surface area contributed by atoms with Crippen molar-refractivity contribution in [2.75, 3.05) is 25.0 Å². The summed E-state index contributed by atoms with van der Waals surface area (Å²) < 4.78 is 28.3. The number of aliphatic hydroxyl groups excluding tert-OH is 1. The summed E-state index contributed by atoms with van der Waals surface area (Å²) in [5, 5.41) is 11.9. The molecule has 134 valence electrons. The van der Waals surface area contributed by atoms with Crippen LogP contribution in [0.4, 0.5) is 14.5 Å². The van der Waals surface area contributed by atoms with Crippen molar-refractivity contribution in [3.05, 3.63) is 63.1 Å². The molecule has 2 aromatic rings. The Kier molecular flexibility index (Phi) is 7.31. The van der Waals surface area contributed by atoms with E-state index in [0.29, 0.717) is 15.1 Å². The van der Waals surface area contributed by atoms with Crippen LogP contribution >= 0.6 is 27.5 Å². The lowest BCUT2D eigenvalue weighted by atomic mass is 10.2. The predicted octanol–water partition coefficient (Wildman–Crippen LogP) is 3.81. The third-order valence-corrected chi connectivity index (χ3v) is 4.12. The monoisotopic (exact) mass is 432 g/mol. The summed E-state index contributed by atoms with van der Waals surface area (Å²) in [5.41, 5.74) is 0.347. The summed E-state index contributed by atoms with van der Waals surface area (Å²) in [6, 6.07) is 8.33. The van der Waals surface area contributed by atoms with E-state index in [4.69, 9.17) is 16.7 Å². The number of rotatable bonds is 7. The molecule has 0 bridgehead atoms. The standard InChI is InChI=1S/C17H16BrClF2N2O2/c18-12-1-3-14(20)11(7-12)9-23(5-6-24)10-17(25)22-16-8-13(19)2-4-15(16)21/h1-4,7-8,24H,5-6,9-10H2,(H,22,25). The van der Waals surface area contributed by atoms with E-state index in [-0.39, 0.29) is 31.9 Å². The van der Waals surface area contributed by atoms with Crippen LogP contribution in [-0.4, -0.2) is 35.6 Å². The van der Waals surface area contributed by atoms with Crippen molar-refractivity contribution >= 4 is 39.1 Å². The molecule has 2 rings (SSSR count). The van der Waals surface area contributed by atoms with Gasteiger partial charge >= 0.3 is 0 Å². The number of aliphatic hydroxyl groups is 1. The highest BCUT2D eigenvalue weighted by Gasteiger charge is 2.15. The highest BCUT2D eigenvalue weighted by Crippen LogP contribution is 2.20. The molecule has 0 fully saturated rings. The van der Waals surface area contributed by atoms with Crippen molar-refractivity contribution in [2.24, 2.45) is 0 Å². The number of amides is 1. The van der Waals surface area contributed by atoms with Gasteiger partial charge in [-0.15, -0.1) is 0 Å². The molecule has 0 saturated heterocycles. The second kappa shape index (κ2) is 9.24. The number of carbonyl (C=O) groups is 1. The van der Waals surface area contributed by atoms with Gasteiger partial charge in [0.2, 0.25) is 5.91 Å². The van der Waals surface area contributed by atoms with Crippen LogP contribution in [0.15, 0.2) is 40.9 Å². The Bertz CT molecular complexity index is 761. The summed E-state index contributed by atoms with van der Waals surface area (Å²) in [5.74, 6) is -1.51. The van der Waals surface area contributed by atoms with Crippen LogP contribution in [0.25, 0.3) is 0 Å². The van der Waals surface area contributed by atoms with Crippen molar-refractivity contribution in [1.29, 1.82) is 0 Å². The van der Waals surface area contributed by atoms with Gasteiger partial charge in [-0.1, -0.05) is 27.5 Å². The van der Waals surface area contributed by atoms with Crippen molar-refractivity contribution < 1.29 is 18.7 Å². The maximum Gasteiger partial charge on any atom is 0.238 e. The molecule has 2 N–H and O–H groups in total. The van der Waals surface area contributed by atoms with Crippen LogP contribution in [0, 0.1) is 11.6 Å². The van der Waals surface area contributed by atoms with Gasteiger partial charge in [0.1, 0.15) is 11.6 Å². The van der Waals surface area contributed by atoms with E-state index in [2.05, 4.69) is 21.2 Å². The zero-order valence-corrected chi connectivity index (χ0v) is 15.4. The first-order valence-electron chi connectivity index (χ1n) is 7.41. The van der Waals surface area contributed by atoms with Crippen LogP contribution in [0.1, 0.15) is 5.56 Å². The maximum absolute atomic E-state index is 13.9. The summed E-state index contributed by atoms with van der Waals surface area (Å²) in [6.45, 7) is -0.0540. The van der Waals surface area contributed by atoms with E-state index in [9.17, 15) is 13.6 Å². The first-order valence-corrected chi connectivity index (χ1v) is 8.58. The summed E-state index contributed by atoms with van der Waals surface area (Å²) >= 11 is 9.05. The van der Waals surface area contributed by atoms with E-state index < -0.39 is 17.5 Å². The van der Waals surface area contributed by atoms with Crippen molar-refractivity contribution in [1.82, 2.24) is 4.90 Å². The van der Waals surface area contributed by atoms with E-state index >= 15 is 0 Å². The molecule has 0 aliphatic carbocycles. The van der Waals surface area contributed by atoms with Crippen molar-refractivity contribution in [2.45, 2.75) is 6.54 Å². The van der Waals surface area contributed by atoms with Crippen LogP contribution in [0.3, 0.4) is 0 Å². The molecule has 0 spiro atoms. The fraction of sp³-hybridized carbons (Fsp3) is 0.235. The third-order valence-electron chi connectivity index (χ3n) is 3.39. The van der Waals surface area contributed by atoms with Crippen LogP contribution < -0.4 is 5.32 Å². The van der Waals surface area contributed by atoms with Crippen LogP contribution in [0.2, 0.25) is 5.02 Å². The minimum Gasteiger partial charge on any atom is -0.395 e. The van der Waals surface area contributed by atoms with Gasteiger partial charge in [0.15, 0.2) is 0 Å². The minimum atomic E-state index is -0.607. The lowest BCUT2D eigenvalue weighted by Crippen LogP contribution is -2.35. The number of nitrogens with zero attached hydrogens (tertiary/aromatic N) is 1. The molecule has 0 atom stereocenters. The number of hydrogen-bond donors (Lipinski definition) is 2. The number of nitrogens with one attached hydrogen (secondary N) is 1. The van der Waals surface area contributed by atoms with Gasteiger partial charge in [-0.25, -0.2) is 8.78 Å². The van der Waals surface area contributed by atoms with Gasteiger partial charge in [-0.2, -0.15) is 0 Å². The van der Waals surface area contributed by atoms with E-state index in [1.54, 1.807) is 17.0 Å². The maximum atomic E-state index is 13.9. The first-order chi connectivity index (χ1) is 11.9. The second-order valence-electron chi connectivity index (χ2n) is 5.34. The zero-order valence-electron chi connectivity index (χ0n) is 13.1. The van der Waals surface area contributed by atoms with Crippen LogP contribution in [-0.2, 0) is 11.3 Å². The fourth-order valence-corrected chi connectivity index (χ4v) is 2.83. The lowest BCUT2D eigenvalue weighted by Gasteiger charge is -2.21. The average Bonchev–Trinajstić information content (AvgIpc) is 2.54. The highest BCUT2D eigenvalue weighted by atomic mass is 79.9. The summed E-state index contributed by atoms with van der Waals surface area (Å²) in [6.07, 6.45) is 0. The Morgan fingerprint density at radius 2 is 1.92 bits per heavy atom. The minimum absolute atomic E-state index is 0.0323. The number of hydrogen-bond acceptors (Lipinski definition) is 3. The SMILES string of the molecule is O=C(CN(CCO)Cc1cc(Br)ccc1F)Nc1cc(Cl)ccc1F. The fourth-order valence-electron chi connectivity index (χ4n) is 2.25. The molecular formula is C17H16BrClF2N2O2. The average molecular weight is 434 g/mol. The van der Waals surface area contributed by atoms with Gasteiger partial charge in [0.25, 0.3) is 0 Å². The zero-order chi connectivity index (χ0) is 18.4. The molecule has 0 saturated carbocycles. The molecule has 0 aliphatic rings. The Labute approximate surface area is 157 Å². The van der Waals surface area contributed by atoms with Gasteiger partial charge in [-0.05, 0) is 36.4 Å². The Morgan fingerprint density at radius 3 is 2.64 bits per heavy atom. The number of anilines is 1. The highest BCUT2D eigenvalue weighted by molar-refractivity contribution is 9.10. The van der Waals surface area contributed by atoms with Gasteiger partial charge < -0.3 is 10.4 Å². The van der Waals surface area contributed by atoms with E-state index in [1.165, 1.54) is 18.2 Å². The Morgan fingerprint density at radius 1 is 1.20 bits per heavy atom. The molecule has 0 heterocycles. The predicted molar refractivity (Wildman–Crippen MR) is 96.5 cm³/mol. The topological polar surface area (TPSA) is 52.6 Å². The molecule has 25 heavy (non-hydrogen) atoms. The Hall–Kier alpha value is -1.54. The number of carbonyl (C=O) groups excluding carboxylic acids is 1. The molecule has 1 amide bonds. The number of benzene rings is 2. The van der Waals surface area contributed by atoms with Crippen molar-refractivity contribution in [3.63, 3.8) is 0 Å². The van der Waals surface area contributed by atoms with E-state index in [1.807, 2.05) is 0 Å². The van der Waals surface area contributed by atoms with Gasteiger partial charge in [0, 0.05) is 28.1 Å². The largest absolute Gasteiger partial charge is 0.395 e. The molecule has 0 aromatic heterocycles. The normalized spacial score (nSPS) is 11.0. The molecule has 2 aromatic carbocycles. The quantitative estimate of drug-likeness (QED) is 0.698. The molecular weight excluding hydrogens is 418 g/mol. The number of halogens is 4. The second-order valence-corrected chi connectivity index (χ2v) is 6.69. The van der Waals surface area contributed by atoms with E-state index in [0.717, 1.165) is 6.07 Å².